The quantitative estimate of drug-likeness (QED) is 0.784. The molecular weight excluding hydrogens is 282 g/mol. The molecule has 3 nitrogen and oxygen atoms in total. The lowest BCUT2D eigenvalue weighted by atomic mass is 10.1. The van der Waals surface area contributed by atoms with Gasteiger partial charge in [0.2, 0.25) is 0 Å². The molecule has 108 valence electrons. The van der Waals surface area contributed by atoms with Crippen molar-refractivity contribution in [3.63, 3.8) is 0 Å². The fourth-order valence-electron chi connectivity index (χ4n) is 2.31. The number of aromatic nitrogens is 1. The van der Waals surface area contributed by atoms with Crippen molar-refractivity contribution in [2.24, 2.45) is 0 Å². The van der Waals surface area contributed by atoms with Crippen LogP contribution in [0, 0.1) is 0 Å². The standard InChI is InChI=1S/C17H17NO2S/c1-20-14-8-6-12(7-9-14)10-13(19)11-17-18-15-4-2-3-5-16(15)21-17/h2-9,13,19H,10-11H2,1H3. The van der Waals surface area contributed by atoms with Gasteiger partial charge in [0, 0.05) is 6.42 Å². The largest absolute Gasteiger partial charge is 0.497 e. The minimum Gasteiger partial charge on any atom is -0.497 e. The van der Waals surface area contributed by atoms with Gasteiger partial charge in [0.05, 0.1) is 28.4 Å². The van der Waals surface area contributed by atoms with Crippen molar-refractivity contribution in [3.8, 4) is 5.75 Å². The van der Waals surface area contributed by atoms with Gasteiger partial charge in [-0.15, -0.1) is 11.3 Å². The van der Waals surface area contributed by atoms with E-state index in [1.807, 2.05) is 42.5 Å². The Morgan fingerprint density at radius 3 is 2.57 bits per heavy atom. The Balaban J connectivity index is 1.66. The zero-order valence-electron chi connectivity index (χ0n) is 11.8. The molecule has 21 heavy (non-hydrogen) atoms. The Hall–Kier alpha value is -1.91. The third-order valence-electron chi connectivity index (χ3n) is 3.38. The summed E-state index contributed by atoms with van der Waals surface area (Å²) in [6.07, 6.45) is 0.796. The zero-order chi connectivity index (χ0) is 14.7. The fourth-order valence-corrected chi connectivity index (χ4v) is 3.35. The van der Waals surface area contributed by atoms with Gasteiger partial charge in [-0.1, -0.05) is 24.3 Å². The van der Waals surface area contributed by atoms with Gasteiger partial charge in [-0.25, -0.2) is 4.98 Å². The molecule has 0 bridgehead atoms. The number of hydrogen-bond donors (Lipinski definition) is 1. The molecule has 0 saturated heterocycles. The molecule has 1 N–H and O–H groups in total. The van der Waals surface area contributed by atoms with E-state index in [1.54, 1.807) is 18.4 Å². The van der Waals surface area contributed by atoms with E-state index in [2.05, 4.69) is 11.1 Å². The average Bonchev–Trinajstić information content (AvgIpc) is 2.90. The number of thiazole rings is 1. The zero-order valence-corrected chi connectivity index (χ0v) is 12.6. The van der Waals surface area contributed by atoms with Crippen LogP contribution in [0.1, 0.15) is 10.6 Å². The summed E-state index contributed by atoms with van der Waals surface area (Å²) in [4.78, 5) is 4.56. The van der Waals surface area contributed by atoms with Gasteiger partial charge in [-0.2, -0.15) is 0 Å². The van der Waals surface area contributed by atoms with Crippen molar-refractivity contribution in [3.05, 3.63) is 59.1 Å². The molecule has 0 amide bonds. The average molecular weight is 299 g/mol. The summed E-state index contributed by atoms with van der Waals surface area (Å²) >= 11 is 1.65. The lowest BCUT2D eigenvalue weighted by molar-refractivity contribution is 0.175. The first-order chi connectivity index (χ1) is 10.2. The van der Waals surface area contributed by atoms with Crippen LogP contribution in [-0.2, 0) is 12.8 Å². The summed E-state index contributed by atoms with van der Waals surface area (Å²) in [5.41, 5.74) is 2.11. The molecular formula is C17H17NO2S. The summed E-state index contributed by atoms with van der Waals surface area (Å²) in [5.74, 6) is 0.833. The van der Waals surface area contributed by atoms with E-state index in [9.17, 15) is 5.11 Å². The summed E-state index contributed by atoms with van der Waals surface area (Å²) in [6, 6.07) is 15.9. The number of fused-ring (bicyclic) bond motifs is 1. The molecule has 0 saturated carbocycles. The van der Waals surface area contributed by atoms with Crippen molar-refractivity contribution < 1.29 is 9.84 Å². The number of aliphatic hydroxyl groups is 1. The van der Waals surface area contributed by atoms with E-state index >= 15 is 0 Å². The molecule has 0 spiro atoms. The van der Waals surface area contributed by atoms with Crippen LogP contribution in [-0.4, -0.2) is 23.3 Å². The first-order valence-corrected chi connectivity index (χ1v) is 7.71. The van der Waals surface area contributed by atoms with E-state index in [-0.39, 0.29) is 0 Å². The van der Waals surface area contributed by atoms with Crippen LogP contribution in [0.4, 0.5) is 0 Å². The third-order valence-corrected chi connectivity index (χ3v) is 4.44. The molecule has 0 radical (unpaired) electrons. The Labute approximate surface area is 127 Å². The van der Waals surface area contributed by atoms with Crippen LogP contribution in [0.25, 0.3) is 10.2 Å². The normalized spacial score (nSPS) is 12.5. The number of para-hydroxylation sites is 1. The van der Waals surface area contributed by atoms with Gasteiger partial charge < -0.3 is 9.84 Å². The van der Waals surface area contributed by atoms with Gasteiger partial charge in [0.25, 0.3) is 0 Å². The molecule has 3 aromatic rings. The van der Waals surface area contributed by atoms with Crippen LogP contribution < -0.4 is 4.74 Å². The van der Waals surface area contributed by atoms with Gasteiger partial charge in [0.1, 0.15) is 5.75 Å². The van der Waals surface area contributed by atoms with Gasteiger partial charge >= 0.3 is 0 Å². The maximum Gasteiger partial charge on any atom is 0.118 e. The SMILES string of the molecule is COc1ccc(CC(O)Cc2nc3ccccc3s2)cc1. The molecule has 0 aliphatic carbocycles. The Morgan fingerprint density at radius 2 is 1.86 bits per heavy atom. The fraction of sp³-hybridized carbons (Fsp3) is 0.235. The minimum absolute atomic E-state index is 0.418. The van der Waals surface area contributed by atoms with Gasteiger partial charge in [-0.3, -0.25) is 0 Å². The summed E-state index contributed by atoms with van der Waals surface area (Å²) in [6.45, 7) is 0. The molecule has 1 aromatic heterocycles. The van der Waals surface area contributed by atoms with Crippen LogP contribution in [0.15, 0.2) is 48.5 Å². The number of methoxy groups -OCH3 is 1. The van der Waals surface area contributed by atoms with Crippen molar-refractivity contribution in [1.82, 2.24) is 4.98 Å². The van der Waals surface area contributed by atoms with Gasteiger partial charge in [-0.05, 0) is 36.2 Å². The minimum atomic E-state index is -0.418. The van der Waals surface area contributed by atoms with Crippen LogP contribution in [0.2, 0.25) is 0 Å². The highest BCUT2D eigenvalue weighted by Crippen LogP contribution is 2.23. The molecule has 3 rings (SSSR count). The van der Waals surface area contributed by atoms with Crippen molar-refractivity contribution in [1.29, 1.82) is 0 Å². The Kier molecular flexibility index (Phi) is 4.18. The number of benzene rings is 2. The number of nitrogens with zero attached hydrogens (tertiary/aromatic N) is 1. The highest BCUT2D eigenvalue weighted by molar-refractivity contribution is 7.18. The van der Waals surface area contributed by atoms with E-state index < -0.39 is 6.10 Å². The number of aliphatic hydroxyl groups excluding tert-OH is 1. The van der Waals surface area contributed by atoms with Gasteiger partial charge in [0.15, 0.2) is 0 Å². The van der Waals surface area contributed by atoms with Crippen LogP contribution >= 0.6 is 11.3 Å². The van der Waals surface area contributed by atoms with Crippen LogP contribution in [0.3, 0.4) is 0 Å². The monoisotopic (exact) mass is 299 g/mol. The predicted molar refractivity (Wildman–Crippen MR) is 86.0 cm³/mol. The maximum absolute atomic E-state index is 10.2. The number of hydrogen-bond acceptors (Lipinski definition) is 4. The van der Waals surface area contributed by atoms with E-state index in [1.165, 1.54) is 4.70 Å². The predicted octanol–water partition coefficient (Wildman–Crippen LogP) is 3.45. The topological polar surface area (TPSA) is 42.4 Å². The maximum atomic E-state index is 10.2. The second kappa shape index (κ2) is 6.24. The van der Waals surface area contributed by atoms with Crippen LogP contribution in [0.5, 0.6) is 5.75 Å². The van der Waals surface area contributed by atoms with Crippen molar-refractivity contribution in [2.75, 3.05) is 7.11 Å². The highest BCUT2D eigenvalue weighted by Gasteiger charge is 2.11. The molecule has 1 unspecified atom stereocenters. The summed E-state index contributed by atoms with van der Waals surface area (Å²) in [7, 11) is 1.65. The van der Waals surface area contributed by atoms with E-state index in [0.29, 0.717) is 12.8 Å². The number of ether oxygens (including phenoxy) is 1. The van der Waals surface area contributed by atoms with E-state index in [4.69, 9.17) is 4.74 Å². The summed E-state index contributed by atoms with van der Waals surface area (Å²) < 4.78 is 6.30. The summed E-state index contributed by atoms with van der Waals surface area (Å²) in [5, 5.41) is 11.2. The Morgan fingerprint density at radius 1 is 1.10 bits per heavy atom. The number of rotatable bonds is 5. The smallest absolute Gasteiger partial charge is 0.118 e. The first kappa shape index (κ1) is 14.0. The second-order valence-electron chi connectivity index (χ2n) is 4.99. The van der Waals surface area contributed by atoms with Crippen molar-refractivity contribution >= 4 is 21.6 Å². The van der Waals surface area contributed by atoms with Crippen molar-refractivity contribution in [2.45, 2.75) is 18.9 Å². The Bertz CT molecular complexity index is 688. The lowest BCUT2D eigenvalue weighted by Crippen LogP contribution is -2.13. The molecule has 0 aliphatic heterocycles. The molecule has 1 heterocycles. The molecule has 0 aliphatic rings. The highest BCUT2D eigenvalue weighted by atomic mass is 32.1. The molecule has 2 aromatic carbocycles. The molecule has 1 atom stereocenters. The molecule has 0 fully saturated rings. The first-order valence-electron chi connectivity index (χ1n) is 6.90. The van der Waals surface area contributed by atoms with E-state index in [0.717, 1.165) is 21.8 Å². The lowest BCUT2D eigenvalue weighted by Gasteiger charge is -2.09. The molecule has 4 heteroatoms. The third kappa shape index (κ3) is 3.40. The second-order valence-corrected chi connectivity index (χ2v) is 6.10.